The lowest BCUT2D eigenvalue weighted by atomic mass is 10.1. The van der Waals surface area contributed by atoms with Crippen LogP contribution in [0, 0.1) is 5.82 Å². The second-order valence-electron chi connectivity index (χ2n) is 7.00. The maximum Gasteiger partial charge on any atom is 0.258 e. The van der Waals surface area contributed by atoms with E-state index in [1.807, 2.05) is 30.5 Å². The first-order valence-corrected chi connectivity index (χ1v) is 9.10. The van der Waals surface area contributed by atoms with Gasteiger partial charge in [-0.15, -0.1) is 0 Å². The van der Waals surface area contributed by atoms with Crippen molar-refractivity contribution in [2.45, 2.75) is 18.9 Å². The second kappa shape index (κ2) is 6.60. The summed E-state index contributed by atoms with van der Waals surface area (Å²) in [6.07, 6.45) is 2.17. The monoisotopic (exact) mass is 376 g/mol. The molecule has 1 amide bonds. The SMILES string of the molecule is O=C1CC(c2noc(-c3ccc4cc[nH]c4c3)n2)CN1Cc1ccccc1F. The van der Waals surface area contributed by atoms with Gasteiger partial charge in [0.1, 0.15) is 5.82 Å². The van der Waals surface area contributed by atoms with Crippen LogP contribution in [0.2, 0.25) is 0 Å². The molecule has 1 aliphatic heterocycles. The number of halogens is 1. The molecule has 1 saturated heterocycles. The molecule has 7 heteroatoms. The number of hydrogen-bond donors (Lipinski definition) is 1. The fraction of sp³-hybridized carbons (Fsp3) is 0.190. The lowest BCUT2D eigenvalue weighted by Crippen LogP contribution is -2.25. The first-order chi connectivity index (χ1) is 13.7. The molecular formula is C21H17FN4O2. The van der Waals surface area contributed by atoms with E-state index in [1.165, 1.54) is 6.07 Å². The standard InChI is InChI=1S/C21H17FN4O2/c22-17-4-2-1-3-15(17)11-26-12-16(10-19(26)27)20-24-21(28-25-20)14-6-5-13-7-8-23-18(13)9-14/h1-9,16,23H,10-12H2. The third-order valence-electron chi connectivity index (χ3n) is 5.14. The number of nitrogens with one attached hydrogen (secondary N) is 1. The van der Waals surface area contributed by atoms with Crippen LogP contribution in [-0.2, 0) is 11.3 Å². The highest BCUT2D eigenvalue weighted by Gasteiger charge is 2.34. The van der Waals surface area contributed by atoms with Gasteiger partial charge in [-0.2, -0.15) is 4.98 Å². The number of hydrogen-bond acceptors (Lipinski definition) is 4. The molecule has 0 bridgehead atoms. The van der Waals surface area contributed by atoms with Gasteiger partial charge in [-0.05, 0) is 29.7 Å². The van der Waals surface area contributed by atoms with Crippen LogP contribution in [0.15, 0.2) is 59.3 Å². The minimum atomic E-state index is -0.305. The number of rotatable bonds is 4. The van der Waals surface area contributed by atoms with E-state index in [4.69, 9.17) is 4.52 Å². The molecule has 1 aliphatic rings. The van der Waals surface area contributed by atoms with Crippen molar-refractivity contribution in [2.75, 3.05) is 6.54 Å². The Balaban J connectivity index is 1.34. The summed E-state index contributed by atoms with van der Waals surface area (Å²) < 4.78 is 19.3. The van der Waals surface area contributed by atoms with Crippen molar-refractivity contribution in [3.05, 3.63) is 71.9 Å². The van der Waals surface area contributed by atoms with E-state index in [9.17, 15) is 9.18 Å². The number of likely N-dealkylation sites (tertiary alicyclic amines) is 1. The molecule has 1 unspecified atom stereocenters. The molecule has 140 valence electrons. The van der Waals surface area contributed by atoms with Gasteiger partial charge < -0.3 is 14.4 Å². The normalized spacial score (nSPS) is 17.0. The van der Waals surface area contributed by atoms with Gasteiger partial charge in [0.25, 0.3) is 5.89 Å². The van der Waals surface area contributed by atoms with Crippen LogP contribution in [0.25, 0.3) is 22.4 Å². The molecular weight excluding hydrogens is 359 g/mol. The molecule has 0 spiro atoms. The molecule has 1 N–H and O–H groups in total. The highest BCUT2D eigenvalue weighted by Crippen LogP contribution is 2.30. The van der Waals surface area contributed by atoms with Crippen molar-refractivity contribution in [1.82, 2.24) is 20.0 Å². The Bertz CT molecular complexity index is 1170. The van der Waals surface area contributed by atoms with Gasteiger partial charge in [0.15, 0.2) is 5.82 Å². The van der Waals surface area contributed by atoms with Crippen molar-refractivity contribution < 1.29 is 13.7 Å². The summed E-state index contributed by atoms with van der Waals surface area (Å²) in [5.74, 6) is 0.427. The highest BCUT2D eigenvalue weighted by atomic mass is 19.1. The lowest BCUT2D eigenvalue weighted by molar-refractivity contribution is -0.128. The molecule has 0 aliphatic carbocycles. The quantitative estimate of drug-likeness (QED) is 0.587. The summed E-state index contributed by atoms with van der Waals surface area (Å²) in [6.45, 7) is 0.692. The van der Waals surface area contributed by atoms with Crippen LogP contribution in [0.4, 0.5) is 4.39 Å². The molecule has 3 heterocycles. The van der Waals surface area contributed by atoms with Crippen LogP contribution >= 0.6 is 0 Å². The van der Waals surface area contributed by atoms with Gasteiger partial charge in [-0.1, -0.05) is 29.4 Å². The average molecular weight is 376 g/mol. The van der Waals surface area contributed by atoms with Crippen LogP contribution in [0.5, 0.6) is 0 Å². The van der Waals surface area contributed by atoms with Gasteiger partial charge in [-0.25, -0.2) is 4.39 Å². The maximum absolute atomic E-state index is 13.9. The lowest BCUT2D eigenvalue weighted by Gasteiger charge is -2.16. The van der Waals surface area contributed by atoms with Crippen LogP contribution in [0.3, 0.4) is 0 Å². The van der Waals surface area contributed by atoms with E-state index in [0.29, 0.717) is 30.2 Å². The Morgan fingerprint density at radius 3 is 3.00 bits per heavy atom. The van der Waals surface area contributed by atoms with E-state index in [2.05, 4.69) is 15.1 Å². The van der Waals surface area contributed by atoms with E-state index >= 15 is 0 Å². The number of H-pyrrole nitrogens is 1. The zero-order valence-electron chi connectivity index (χ0n) is 14.9. The van der Waals surface area contributed by atoms with Crippen molar-refractivity contribution in [3.63, 3.8) is 0 Å². The molecule has 1 atom stereocenters. The summed E-state index contributed by atoms with van der Waals surface area (Å²) in [4.78, 5) is 21.7. The van der Waals surface area contributed by atoms with E-state index < -0.39 is 0 Å². The second-order valence-corrected chi connectivity index (χ2v) is 7.00. The van der Waals surface area contributed by atoms with E-state index in [0.717, 1.165) is 16.5 Å². The number of aromatic nitrogens is 3. The number of fused-ring (bicyclic) bond motifs is 1. The maximum atomic E-state index is 13.9. The van der Waals surface area contributed by atoms with Crippen LogP contribution in [0.1, 0.15) is 23.7 Å². The first kappa shape index (κ1) is 16.7. The molecule has 2 aromatic heterocycles. The Morgan fingerprint density at radius 1 is 1.21 bits per heavy atom. The fourth-order valence-corrected chi connectivity index (χ4v) is 3.63. The van der Waals surface area contributed by atoms with Crippen molar-refractivity contribution >= 4 is 16.8 Å². The number of aromatic amines is 1. The zero-order valence-corrected chi connectivity index (χ0v) is 14.9. The first-order valence-electron chi connectivity index (χ1n) is 9.10. The number of amides is 1. The molecule has 5 rings (SSSR count). The predicted molar refractivity (Wildman–Crippen MR) is 101 cm³/mol. The summed E-state index contributed by atoms with van der Waals surface area (Å²) in [5, 5.41) is 5.19. The van der Waals surface area contributed by atoms with E-state index in [-0.39, 0.29) is 24.2 Å². The zero-order chi connectivity index (χ0) is 19.1. The van der Waals surface area contributed by atoms with Gasteiger partial charge in [-0.3, -0.25) is 4.79 Å². The van der Waals surface area contributed by atoms with Crippen LogP contribution in [-0.4, -0.2) is 32.5 Å². The van der Waals surface area contributed by atoms with Crippen molar-refractivity contribution in [1.29, 1.82) is 0 Å². The third kappa shape index (κ3) is 2.94. The predicted octanol–water partition coefficient (Wildman–Crippen LogP) is 3.87. The molecule has 0 radical (unpaired) electrons. The summed E-state index contributed by atoms with van der Waals surface area (Å²) in [7, 11) is 0. The molecule has 2 aromatic carbocycles. The minimum absolute atomic E-state index is 0.0348. The number of carbonyl (C=O) groups is 1. The van der Waals surface area contributed by atoms with Gasteiger partial charge in [0, 0.05) is 48.3 Å². The summed E-state index contributed by atoms with van der Waals surface area (Å²) in [5.41, 5.74) is 2.31. The van der Waals surface area contributed by atoms with E-state index in [1.54, 1.807) is 23.1 Å². The average Bonchev–Trinajstić information content (AvgIpc) is 3.43. The number of benzene rings is 2. The Morgan fingerprint density at radius 2 is 2.11 bits per heavy atom. The molecule has 0 saturated carbocycles. The largest absolute Gasteiger partial charge is 0.361 e. The number of nitrogens with zero attached hydrogens (tertiary/aromatic N) is 3. The number of carbonyl (C=O) groups excluding carboxylic acids is 1. The van der Waals surface area contributed by atoms with Gasteiger partial charge in [0.2, 0.25) is 5.91 Å². The van der Waals surface area contributed by atoms with Crippen molar-refractivity contribution in [2.24, 2.45) is 0 Å². The topological polar surface area (TPSA) is 75.0 Å². The molecule has 6 nitrogen and oxygen atoms in total. The molecule has 28 heavy (non-hydrogen) atoms. The summed E-state index contributed by atoms with van der Waals surface area (Å²) >= 11 is 0. The Kier molecular flexibility index (Phi) is 3.93. The molecule has 4 aromatic rings. The summed E-state index contributed by atoms with van der Waals surface area (Å²) in [6, 6.07) is 14.4. The fourth-order valence-electron chi connectivity index (χ4n) is 3.63. The minimum Gasteiger partial charge on any atom is -0.361 e. The molecule has 1 fully saturated rings. The highest BCUT2D eigenvalue weighted by molar-refractivity contribution is 5.83. The van der Waals surface area contributed by atoms with Crippen molar-refractivity contribution in [3.8, 4) is 11.5 Å². The van der Waals surface area contributed by atoms with Gasteiger partial charge in [0.05, 0.1) is 0 Å². The van der Waals surface area contributed by atoms with Gasteiger partial charge >= 0.3 is 0 Å². The Hall–Kier alpha value is -3.48. The third-order valence-corrected chi connectivity index (χ3v) is 5.14. The van der Waals surface area contributed by atoms with Crippen LogP contribution < -0.4 is 0 Å². The Labute approximate surface area is 160 Å². The smallest absolute Gasteiger partial charge is 0.258 e.